The van der Waals surface area contributed by atoms with Crippen molar-refractivity contribution in [2.45, 2.75) is 90.8 Å². The molecular formula is C24H32O9. The number of carbonyl (C=O) groups excluding carboxylic acids is 4. The summed E-state index contributed by atoms with van der Waals surface area (Å²) in [4.78, 5) is 48.7. The molecule has 0 radical (unpaired) electrons. The molecule has 2 fully saturated rings. The van der Waals surface area contributed by atoms with Crippen molar-refractivity contribution in [3.8, 4) is 0 Å². The summed E-state index contributed by atoms with van der Waals surface area (Å²) in [6.45, 7) is 9.49. The first-order valence-corrected chi connectivity index (χ1v) is 11.2. The molecule has 0 aromatic heterocycles. The molecule has 0 bridgehead atoms. The highest BCUT2D eigenvalue weighted by atomic mass is 16.7. The van der Waals surface area contributed by atoms with Gasteiger partial charge < -0.3 is 23.7 Å². The minimum absolute atomic E-state index is 0.154. The second kappa shape index (κ2) is 9.67. The Balaban J connectivity index is 2.05. The molecule has 6 atom stereocenters. The first-order chi connectivity index (χ1) is 15.5. The van der Waals surface area contributed by atoms with E-state index in [0.717, 1.165) is 0 Å². The van der Waals surface area contributed by atoms with Gasteiger partial charge in [0, 0.05) is 25.0 Å². The summed E-state index contributed by atoms with van der Waals surface area (Å²) >= 11 is 0. The third-order valence-corrected chi connectivity index (χ3v) is 6.59. The Morgan fingerprint density at radius 2 is 1.85 bits per heavy atom. The highest BCUT2D eigenvalue weighted by molar-refractivity contribution is 5.94. The average molecular weight is 465 g/mol. The summed E-state index contributed by atoms with van der Waals surface area (Å²) < 4.78 is 28.2. The quantitative estimate of drug-likeness (QED) is 0.262. The lowest BCUT2D eigenvalue weighted by Gasteiger charge is -2.31. The Bertz CT molecular complexity index is 902. The molecule has 2 heterocycles. The Morgan fingerprint density at radius 3 is 2.45 bits per heavy atom. The molecule has 0 aromatic rings. The first-order valence-electron chi connectivity index (χ1n) is 11.2. The van der Waals surface area contributed by atoms with Gasteiger partial charge in [0.25, 0.3) is 0 Å². The van der Waals surface area contributed by atoms with Gasteiger partial charge >= 0.3 is 23.9 Å². The standard InChI is InChI=1S/C24H32O9/c1-7-12(2)22(27)31-18-10-13(3)17(30-15(5)26)8-9-24(6)21(33-24)20-19(18)16(23(28)32-20)11-29-14(4)25/h7,13,17-18,20-21H,8-11H2,1-6H3/b12-7+/t13-,17+,18+,20+,21+,24-/m1/s1. The molecule has 0 amide bonds. The van der Waals surface area contributed by atoms with E-state index < -0.39 is 53.9 Å². The van der Waals surface area contributed by atoms with Crippen LogP contribution in [0.2, 0.25) is 0 Å². The van der Waals surface area contributed by atoms with Gasteiger partial charge in [0.05, 0.1) is 11.2 Å². The van der Waals surface area contributed by atoms with Crippen molar-refractivity contribution >= 4 is 23.9 Å². The predicted octanol–water partition coefficient (Wildman–Crippen LogP) is 2.56. The van der Waals surface area contributed by atoms with E-state index >= 15 is 0 Å². The number of esters is 4. The van der Waals surface area contributed by atoms with Crippen molar-refractivity contribution in [1.29, 1.82) is 0 Å². The minimum Gasteiger partial charge on any atom is -0.462 e. The van der Waals surface area contributed by atoms with Gasteiger partial charge in [-0.1, -0.05) is 13.0 Å². The first kappa shape index (κ1) is 25.0. The Labute approximate surface area is 193 Å². The van der Waals surface area contributed by atoms with E-state index in [-0.39, 0.29) is 24.5 Å². The zero-order valence-electron chi connectivity index (χ0n) is 20.0. The van der Waals surface area contributed by atoms with Crippen molar-refractivity contribution < 1.29 is 42.9 Å². The van der Waals surface area contributed by atoms with Crippen LogP contribution in [0.1, 0.15) is 60.8 Å². The summed E-state index contributed by atoms with van der Waals surface area (Å²) in [7, 11) is 0. The van der Waals surface area contributed by atoms with Crippen LogP contribution >= 0.6 is 0 Å². The molecule has 3 rings (SSSR count). The fraction of sp³-hybridized carbons (Fsp3) is 0.667. The molecule has 182 valence electrons. The predicted molar refractivity (Wildman–Crippen MR) is 115 cm³/mol. The van der Waals surface area contributed by atoms with Crippen LogP contribution in [0.4, 0.5) is 0 Å². The van der Waals surface area contributed by atoms with Gasteiger partial charge in [0.1, 0.15) is 24.9 Å². The van der Waals surface area contributed by atoms with E-state index in [0.29, 0.717) is 24.0 Å². The molecule has 9 heteroatoms. The molecule has 0 N–H and O–H groups in total. The largest absolute Gasteiger partial charge is 0.462 e. The summed E-state index contributed by atoms with van der Waals surface area (Å²) in [5.74, 6) is -2.30. The lowest BCUT2D eigenvalue weighted by molar-refractivity contribution is -0.152. The van der Waals surface area contributed by atoms with Crippen LogP contribution in [-0.4, -0.2) is 60.5 Å². The van der Waals surface area contributed by atoms with Gasteiger partial charge in [0.15, 0.2) is 6.10 Å². The molecule has 0 spiro atoms. The maximum absolute atomic E-state index is 12.8. The maximum Gasteiger partial charge on any atom is 0.338 e. The van der Waals surface area contributed by atoms with Crippen molar-refractivity contribution in [1.82, 2.24) is 0 Å². The zero-order valence-corrected chi connectivity index (χ0v) is 20.0. The molecule has 1 aliphatic carbocycles. The monoisotopic (exact) mass is 464 g/mol. The Kier molecular flexibility index (Phi) is 7.31. The number of carbonyl (C=O) groups is 4. The highest BCUT2D eigenvalue weighted by Gasteiger charge is 2.62. The van der Waals surface area contributed by atoms with Crippen molar-refractivity contribution in [2.24, 2.45) is 5.92 Å². The second-order valence-electron chi connectivity index (χ2n) is 9.16. The molecule has 2 aliphatic heterocycles. The van der Waals surface area contributed by atoms with E-state index in [2.05, 4.69) is 0 Å². The SMILES string of the molecule is C/C=C(\C)C(=O)O[C@H]1C[C@@H](C)[C@@H](OC(C)=O)CC[C@@]2(C)O[C@H]2[C@H]2OC(=O)C(COC(C)=O)=C12. The number of hydrogen-bond acceptors (Lipinski definition) is 9. The third-order valence-electron chi connectivity index (χ3n) is 6.59. The van der Waals surface area contributed by atoms with Crippen LogP contribution in [0, 0.1) is 5.92 Å². The van der Waals surface area contributed by atoms with Crippen LogP contribution in [0.25, 0.3) is 0 Å². The minimum atomic E-state index is -0.853. The van der Waals surface area contributed by atoms with E-state index in [1.807, 2.05) is 13.8 Å². The number of rotatable bonds is 5. The van der Waals surface area contributed by atoms with Crippen molar-refractivity contribution in [3.05, 3.63) is 22.8 Å². The topological polar surface area (TPSA) is 118 Å². The van der Waals surface area contributed by atoms with Gasteiger partial charge in [-0.05, 0) is 46.0 Å². The number of allylic oxidation sites excluding steroid dienone is 1. The third kappa shape index (κ3) is 5.46. The summed E-state index contributed by atoms with van der Waals surface area (Å²) in [6.07, 6.45) is 0.614. The average Bonchev–Trinajstić information content (AvgIpc) is 3.30. The molecule has 0 unspecified atom stereocenters. The molecule has 1 saturated carbocycles. The van der Waals surface area contributed by atoms with Gasteiger partial charge in [-0.2, -0.15) is 0 Å². The van der Waals surface area contributed by atoms with E-state index in [1.165, 1.54) is 13.8 Å². The van der Waals surface area contributed by atoms with Crippen LogP contribution in [-0.2, 0) is 42.9 Å². The van der Waals surface area contributed by atoms with Crippen LogP contribution in [0.5, 0.6) is 0 Å². The van der Waals surface area contributed by atoms with Crippen LogP contribution in [0.15, 0.2) is 22.8 Å². The fourth-order valence-corrected chi connectivity index (χ4v) is 4.47. The molecule has 1 saturated heterocycles. The molecule has 9 nitrogen and oxygen atoms in total. The van der Waals surface area contributed by atoms with Gasteiger partial charge in [-0.3, -0.25) is 9.59 Å². The van der Waals surface area contributed by atoms with Crippen molar-refractivity contribution in [2.75, 3.05) is 6.61 Å². The lowest BCUT2D eigenvalue weighted by atomic mass is 9.82. The second-order valence-corrected chi connectivity index (χ2v) is 9.16. The number of epoxide rings is 1. The fourth-order valence-electron chi connectivity index (χ4n) is 4.47. The number of fused-ring (bicyclic) bond motifs is 3. The normalized spacial score (nSPS) is 33.9. The molecule has 33 heavy (non-hydrogen) atoms. The van der Waals surface area contributed by atoms with Gasteiger partial charge in [0.2, 0.25) is 0 Å². The van der Waals surface area contributed by atoms with Gasteiger partial charge in [-0.25, -0.2) is 9.59 Å². The van der Waals surface area contributed by atoms with Crippen LogP contribution < -0.4 is 0 Å². The number of ether oxygens (including phenoxy) is 5. The summed E-state index contributed by atoms with van der Waals surface area (Å²) in [6, 6.07) is 0. The maximum atomic E-state index is 12.8. The van der Waals surface area contributed by atoms with E-state index in [4.69, 9.17) is 23.7 Å². The van der Waals surface area contributed by atoms with Crippen LogP contribution in [0.3, 0.4) is 0 Å². The molecule has 0 aromatic carbocycles. The van der Waals surface area contributed by atoms with Gasteiger partial charge in [-0.15, -0.1) is 0 Å². The van der Waals surface area contributed by atoms with E-state index in [9.17, 15) is 19.2 Å². The smallest absolute Gasteiger partial charge is 0.338 e. The Morgan fingerprint density at radius 1 is 1.15 bits per heavy atom. The molecule has 3 aliphatic rings. The highest BCUT2D eigenvalue weighted by Crippen LogP contribution is 2.50. The van der Waals surface area contributed by atoms with Crippen molar-refractivity contribution in [3.63, 3.8) is 0 Å². The lowest BCUT2D eigenvalue weighted by Crippen LogP contribution is -2.38. The summed E-state index contributed by atoms with van der Waals surface area (Å²) in [5.41, 5.74) is 0.423. The summed E-state index contributed by atoms with van der Waals surface area (Å²) in [5, 5.41) is 0. The zero-order chi connectivity index (χ0) is 24.5. The Hall–Kier alpha value is -2.68. The molecular weight excluding hydrogens is 432 g/mol. The van der Waals surface area contributed by atoms with E-state index in [1.54, 1.807) is 19.9 Å². The number of hydrogen-bond donors (Lipinski definition) is 0.